The molecule has 1 N–H and O–H groups in total. The van der Waals surface area contributed by atoms with Gasteiger partial charge in [-0.3, -0.25) is 9.59 Å². The van der Waals surface area contributed by atoms with Crippen LogP contribution in [0.4, 0.5) is 5.69 Å². The molecule has 0 saturated heterocycles. The fourth-order valence-electron chi connectivity index (χ4n) is 4.51. The van der Waals surface area contributed by atoms with Crippen molar-refractivity contribution in [2.75, 3.05) is 7.11 Å². The van der Waals surface area contributed by atoms with Crippen LogP contribution in [0.5, 0.6) is 5.75 Å². The van der Waals surface area contributed by atoms with E-state index in [2.05, 4.69) is 5.16 Å². The quantitative estimate of drug-likeness (QED) is 0.632. The van der Waals surface area contributed by atoms with Crippen molar-refractivity contribution in [3.8, 4) is 5.75 Å². The van der Waals surface area contributed by atoms with Gasteiger partial charge in [0.05, 0.1) is 29.7 Å². The topological polar surface area (TPSA) is 102 Å². The van der Waals surface area contributed by atoms with Gasteiger partial charge < -0.3 is 14.4 Å². The van der Waals surface area contributed by atoms with Crippen LogP contribution in [0.3, 0.4) is 0 Å². The summed E-state index contributed by atoms with van der Waals surface area (Å²) in [5, 5.41) is 14.9. The van der Waals surface area contributed by atoms with Crippen LogP contribution in [0.2, 0.25) is 0 Å². The summed E-state index contributed by atoms with van der Waals surface area (Å²) in [5.41, 5.74) is 2.15. The smallest absolute Gasteiger partial charge is 0.168 e. The number of carbonyl (C=O) groups excluding carboxylic acids is 2. The molecule has 168 valence electrons. The number of ketones is 2. The molecule has 1 heterocycles. The van der Waals surface area contributed by atoms with Crippen molar-refractivity contribution < 1.29 is 24.0 Å². The van der Waals surface area contributed by atoms with E-state index in [1.54, 1.807) is 19.2 Å². The second-order valence-electron chi connectivity index (χ2n) is 9.20. The number of aliphatic imine (C=N–C) groups is 1. The van der Waals surface area contributed by atoms with Gasteiger partial charge in [-0.2, -0.15) is 0 Å². The Balaban J connectivity index is 1.72. The van der Waals surface area contributed by atoms with Crippen LogP contribution >= 0.6 is 0 Å². The standard InChI is InChI=1S/C25H28N2O5/c1-25(2)13-19(29)23(20(30)14-25)16(26-15-7-4-5-9-21(15)31-3)11-12-17-24-18(28)8-6-10-22(24)32-27-17/h4-5,7,9,29H,6,8,10-14H2,1-3H3. The van der Waals surface area contributed by atoms with E-state index in [-0.39, 0.29) is 28.3 Å². The number of aliphatic hydroxyl groups excluding tert-OH is 1. The number of nitrogens with zero attached hydrogens (tertiary/aromatic N) is 2. The molecule has 2 aliphatic carbocycles. The molecule has 0 atom stereocenters. The number of fused-ring (bicyclic) bond motifs is 1. The van der Waals surface area contributed by atoms with Crippen molar-refractivity contribution in [2.45, 2.75) is 58.8 Å². The molecular formula is C25H28N2O5. The van der Waals surface area contributed by atoms with Crippen molar-refractivity contribution in [3.63, 3.8) is 0 Å². The third-order valence-electron chi connectivity index (χ3n) is 6.00. The molecule has 7 heteroatoms. The summed E-state index contributed by atoms with van der Waals surface area (Å²) in [7, 11) is 1.56. The highest BCUT2D eigenvalue weighted by Crippen LogP contribution is 2.38. The molecule has 2 aromatic rings. The van der Waals surface area contributed by atoms with E-state index in [1.165, 1.54) is 0 Å². The highest BCUT2D eigenvalue weighted by atomic mass is 16.5. The average molecular weight is 437 g/mol. The highest BCUT2D eigenvalue weighted by Gasteiger charge is 2.35. The molecule has 32 heavy (non-hydrogen) atoms. The maximum Gasteiger partial charge on any atom is 0.168 e. The van der Waals surface area contributed by atoms with E-state index >= 15 is 0 Å². The zero-order chi connectivity index (χ0) is 22.9. The number of methoxy groups -OCH3 is 1. The van der Waals surface area contributed by atoms with Gasteiger partial charge >= 0.3 is 0 Å². The monoisotopic (exact) mass is 436 g/mol. The van der Waals surface area contributed by atoms with Crippen LogP contribution in [-0.2, 0) is 17.6 Å². The number of Topliss-reactive ketones (excluding diaryl/α,β-unsaturated/α-hetero) is 2. The second-order valence-corrected chi connectivity index (χ2v) is 9.20. The van der Waals surface area contributed by atoms with Gasteiger partial charge in [-0.25, -0.2) is 4.99 Å². The normalized spacial score (nSPS) is 18.7. The summed E-state index contributed by atoms with van der Waals surface area (Å²) in [4.78, 5) is 30.2. The van der Waals surface area contributed by atoms with E-state index in [0.29, 0.717) is 72.7 Å². The number of para-hydroxylation sites is 2. The van der Waals surface area contributed by atoms with Gasteiger partial charge in [-0.15, -0.1) is 0 Å². The van der Waals surface area contributed by atoms with Gasteiger partial charge in [0.1, 0.15) is 23.0 Å². The summed E-state index contributed by atoms with van der Waals surface area (Å²) in [6, 6.07) is 7.28. The Hall–Kier alpha value is -3.22. The molecule has 0 aliphatic heterocycles. The van der Waals surface area contributed by atoms with Crippen molar-refractivity contribution in [2.24, 2.45) is 10.4 Å². The van der Waals surface area contributed by atoms with Crippen molar-refractivity contribution >= 4 is 23.0 Å². The fraction of sp³-hybridized carbons (Fsp3) is 0.440. The number of aliphatic hydroxyl groups is 1. The summed E-state index contributed by atoms with van der Waals surface area (Å²) in [6.45, 7) is 3.92. The van der Waals surface area contributed by atoms with Gasteiger partial charge in [-0.1, -0.05) is 31.1 Å². The Morgan fingerprint density at radius 3 is 2.72 bits per heavy atom. The van der Waals surface area contributed by atoms with Gasteiger partial charge in [-0.05, 0) is 36.8 Å². The lowest BCUT2D eigenvalue weighted by Crippen LogP contribution is -2.29. The molecule has 0 amide bonds. The summed E-state index contributed by atoms with van der Waals surface area (Å²) in [6.07, 6.45) is 3.40. The van der Waals surface area contributed by atoms with E-state index in [0.717, 1.165) is 6.42 Å². The van der Waals surface area contributed by atoms with Crippen LogP contribution in [0.25, 0.3) is 0 Å². The van der Waals surface area contributed by atoms with Gasteiger partial charge in [0, 0.05) is 25.7 Å². The van der Waals surface area contributed by atoms with E-state index in [4.69, 9.17) is 14.3 Å². The molecule has 0 spiro atoms. The van der Waals surface area contributed by atoms with Crippen LogP contribution in [0.1, 0.15) is 67.8 Å². The first kappa shape index (κ1) is 22.0. The first-order valence-corrected chi connectivity index (χ1v) is 11.0. The molecule has 7 nitrogen and oxygen atoms in total. The Morgan fingerprint density at radius 2 is 1.97 bits per heavy atom. The Bertz CT molecular complexity index is 1120. The van der Waals surface area contributed by atoms with Crippen LogP contribution in [-0.4, -0.2) is 34.7 Å². The molecule has 2 aliphatic rings. The second kappa shape index (κ2) is 8.73. The van der Waals surface area contributed by atoms with Crippen LogP contribution in [0, 0.1) is 5.41 Å². The Labute approximate surface area is 187 Å². The molecule has 1 aromatic carbocycles. The molecule has 0 unspecified atom stereocenters. The van der Waals surface area contributed by atoms with Gasteiger partial charge in [0.15, 0.2) is 11.6 Å². The molecule has 0 fully saturated rings. The lowest BCUT2D eigenvalue weighted by molar-refractivity contribution is -0.117. The molecule has 4 rings (SSSR count). The van der Waals surface area contributed by atoms with Crippen molar-refractivity contribution in [1.82, 2.24) is 5.16 Å². The number of aromatic nitrogens is 1. The Morgan fingerprint density at radius 1 is 1.19 bits per heavy atom. The predicted molar refractivity (Wildman–Crippen MR) is 120 cm³/mol. The highest BCUT2D eigenvalue weighted by molar-refractivity contribution is 6.24. The summed E-state index contributed by atoms with van der Waals surface area (Å²) in [5.74, 6) is 1.17. The molecule has 0 radical (unpaired) electrons. The van der Waals surface area contributed by atoms with E-state index in [1.807, 2.05) is 26.0 Å². The maximum atomic E-state index is 13.0. The van der Waals surface area contributed by atoms with Crippen LogP contribution < -0.4 is 4.74 Å². The summed E-state index contributed by atoms with van der Waals surface area (Å²) < 4.78 is 10.8. The minimum Gasteiger partial charge on any atom is -0.511 e. The minimum absolute atomic E-state index is 0.0447. The van der Waals surface area contributed by atoms with E-state index < -0.39 is 0 Å². The largest absolute Gasteiger partial charge is 0.511 e. The first-order chi connectivity index (χ1) is 15.3. The summed E-state index contributed by atoms with van der Waals surface area (Å²) >= 11 is 0. The lowest BCUT2D eigenvalue weighted by atomic mass is 9.75. The zero-order valence-electron chi connectivity index (χ0n) is 18.7. The van der Waals surface area contributed by atoms with Crippen molar-refractivity contribution in [3.05, 3.63) is 52.6 Å². The maximum absolute atomic E-state index is 13.0. The van der Waals surface area contributed by atoms with Crippen molar-refractivity contribution in [1.29, 1.82) is 0 Å². The third-order valence-corrected chi connectivity index (χ3v) is 6.00. The molecule has 1 aromatic heterocycles. The number of carbonyl (C=O) groups is 2. The SMILES string of the molecule is COc1ccccc1N=C(CCc1noc2c1C(=O)CCC2)C1=C(O)CC(C)(C)CC1=O. The number of rotatable bonds is 6. The van der Waals surface area contributed by atoms with Gasteiger partial charge in [0.2, 0.25) is 0 Å². The number of ether oxygens (including phenoxy) is 1. The number of allylic oxidation sites excluding steroid dienone is 2. The first-order valence-electron chi connectivity index (χ1n) is 11.0. The zero-order valence-corrected chi connectivity index (χ0v) is 18.7. The lowest BCUT2D eigenvalue weighted by Gasteiger charge is -2.30. The predicted octanol–water partition coefficient (Wildman–Crippen LogP) is 5.11. The van der Waals surface area contributed by atoms with Crippen LogP contribution in [0.15, 0.2) is 45.1 Å². The number of hydrogen-bond donors (Lipinski definition) is 1. The third kappa shape index (κ3) is 4.38. The average Bonchev–Trinajstić information content (AvgIpc) is 3.15. The molecule has 0 bridgehead atoms. The molecular weight excluding hydrogens is 408 g/mol. The van der Waals surface area contributed by atoms with Gasteiger partial charge in [0.25, 0.3) is 0 Å². The minimum atomic E-state index is -0.308. The Kier molecular flexibility index (Phi) is 6.00. The molecule has 0 saturated carbocycles. The van der Waals surface area contributed by atoms with E-state index in [9.17, 15) is 14.7 Å². The fourth-order valence-corrected chi connectivity index (χ4v) is 4.51. The number of aryl methyl sites for hydroxylation is 2. The number of hydrogen-bond acceptors (Lipinski definition) is 7. The number of benzene rings is 1.